The summed E-state index contributed by atoms with van der Waals surface area (Å²) in [6.07, 6.45) is 0. The first kappa shape index (κ1) is 17.9. The van der Waals surface area contributed by atoms with Gasteiger partial charge in [-0.3, -0.25) is 4.79 Å². The minimum atomic E-state index is -0.556. The number of aromatic amines is 1. The summed E-state index contributed by atoms with van der Waals surface area (Å²) in [5, 5.41) is 3.24. The van der Waals surface area contributed by atoms with Crippen molar-refractivity contribution in [2.75, 3.05) is 26.6 Å². The van der Waals surface area contributed by atoms with Gasteiger partial charge in [-0.2, -0.15) is 0 Å². The van der Waals surface area contributed by atoms with Crippen LogP contribution in [0.1, 0.15) is 10.5 Å². The second-order valence-electron chi connectivity index (χ2n) is 5.37. The Kier molecular flexibility index (Phi) is 4.90. The molecule has 0 unspecified atom stereocenters. The molecule has 1 amide bonds. The van der Waals surface area contributed by atoms with Gasteiger partial charge < -0.3 is 24.5 Å². The molecule has 0 aliphatic heterocycles. The van der Waals surface area contributed by atoms with E-state index in [9.17, 15) is 9.18 Å². The van der Waals surface area contributed by atoms with Gasteiger partial charge in [0.2, 0.25) is 5.75 Å². The largest absolute Gasteiger partial charge is 0.493 e. The van der Waals surface area contributed by atoms with Gasteiger partial charge in [-0.1, -0.05) is 11.6 Å². The van der Waals surface area contributed by atoms with Crippen LogP contribution >= 0.6 is 11.6 Å². The summed E-state index contributed by atoms with van der Waals surface area (Å²) < 4.78 is 29.3. The molecule has 1 aromatic heterocycles. The number of H-pyrrole nitrogens is 1. The Morgan fingerprint density at radius 2 is 1.81 bits per heavy atom. The van der Waals surface area contributed by atoms with Crippen molar-refractivity contribution in [3.8, 4) is 17.2 Å². The van der Waals surface area contributed by atoms with E-state index in [4.69, 9.17) is 25.8 Å². The van der Waals surface area contributed by atoms with E-state index in [0.717, 1.165) is 0 Å². The van der Waals surface area contributed by atoms with E-state index in [-0.39, 0.29) is 10.7 Å². The molecule has 0 saturated carbocycles. The Morgan fingerprint density at radius 1 is 1.08 bits per heavy atom. The fourth-order valence-electron chi connectivity index (χ4n) is 2.65. The molecular weight excluding hydrogens is 363 g/mol. The zero-order valence-corrected chi connectivity index (χ0v) is 15.0. The van der Waals surface area contributed by atoms with Gasteiger partial charge in [-0.25, -0.2) is 4.39 Å². The van der Waals surface area contributed by atoms with Crippen molar-refractivity contribution in [1.82, 2.24) is 4.98 Å². The maximum Gasteiger partial charge on any atom is 0.272 e. The summed E-state index contributed by atoms with van der Waals surface area (Å²) in [6.45, 7) is 0. The molecule has 8 heteroatoms. The Hall–Kier alpha value is -2.93. The first-order valence-electron chi connectivity index (χ1n) is 7.56. The molecule has 3 rings (SSSR count). The van der Waals surface area contributed by atoms with E-state index < -0.39 is 11.7 Å². The van der Waals surface area contributed by atoms with Crippen LogP contribution in [0.2, 0.25) is 5.02 Å². The number of hydrogen-bond donors (Lipinski definition) is 2. The lowest BCUT2D eigenvalue weighted by atomic mass is 10.2. The number of carbonyl (C=O) groups is 1. The highest BCUT2D eigenvalue weighted by Crippen LogP contribution is 2.43. The number of ether oxygens (including phenoxy) is 3. The summed E-state index contributed by atoms with van der Waals surface area (Å²) >= 11 is 5.74. The van der Waals surface area contributed by atoms with Crippen molar-refractivity contribution in [1.29, 1.82) is 0 Å². The van der Waals surface area contributed by atoms with Gasteiger partial charge in [0, 0.05) is 17.1 Å². The van der Waals surface area contributed by atoms with Crippen molar-refractivity contribution in [3.05, 3.63) is 46.9 Å². The number of hydrogen-bond acceptors (Lipinski definition) is 4. The Morgan fingerprint density at radius 3 is 2.42 bits per heavy atom. The van der Waals surface area contributed by atoms with Gasteiger partial charge >= 0.3 is 0 Å². The third-order valence-corrected chi connectivity index (χ3v) is 4.14. The lowest BCUT2D eigenvalue weighted by Crippen LogP contribution is -2.12. The van der Waals surface area contributed by atoms with Gasteiger partial charge in [0.05, 0.1) is 31.9 Å². The minimum Gasteiger partial charge on any atom is -0.493 e. The van der Waals surface area contributed by atoms with E-state index in [0.29, 0.717) is 33.8 Å². The van der Waals surface area contributed by atoms with Gasteiger partial charge in [0.25, 0.3) is 5.91 Å². The molecular formula is C18H16ClFN2O4. The van der Waals surface area contributed by atoms with E-state index in [2.05, 4.69) is 10.3 Å². The number of amides is 1. The molecule has 0 spiro atoms. The first-order valence-corrected chi connectivity index (χ1v) is 7.94. The molecule has 3 aromatic rings. The normalized spacial score (nSPS) is 10.7. The predicted octanol–water partition coefficient (Wildman–Crippen LogP) is 4.24. The van der Waals surface area contributed by atoms with Crippen LogP contribution < -0.4 is 19.5 Å². The lowest BCUT2D eigenvalue weighted by molar-refractivity contribution is 0.102. The number of halogens is 2. The molecule has 136 valence electrons. The third-order valence-electron chi connectivity index (χ3n) is 3.85. The summed E-state index contributed by atoms with van der Waals surface area (Å²) in [6, 6.07) is 7.29. The number of carbonyl (C=O) groups excluding carboxylic acids is 1. The maximum atomic E-state index is 13.2. The summed E-state index contributed by atoms with van der Waals surface area (Å²) in [5.74, 6) is 0.375. The Bertz CT molecular complexity index is 987. The van der Waals surface area contributed by atoms with Crippen LogP contribution in [0.25, 0.3) is 10.9 Å². The highest BCUT2D eigenvalue weighted by molar-refractivity contribution is 6.31. The number of rotatable bonds is 5. The van der Waals surface area contributed by atoms with Crippen molar-refractivity contribution in [2.45, 2.75) is 0 Å². The van der Waals surface area contributed by atoms with Gasteiger partial charge in [-0.05, 0) is 24.3 Å². The predicted molar refractivity (Wildman–Crippen MR) is 97.3 cm³/mol. The molecule has 6 nitrogen and oxygen atoms in total. The minimum absolute atomic E-state index is 0.0735. The lowest BCUT2D eigenvalue weighted by Gasteiger charge is -2.12. The van der Waals surface area contributed by atoms with Crippen LogP contribution in [0.5, 0.6) is 17.2 Å². The Balaban J connectivity index is 2.00. The number of benzene rings is 2. The maximum absolute atomic E-state index is 13.2. The second-order valence-corrected chi connectivity index (χ2v) is 5.78. The monoisotopic (exact) mass is 378 g/mol. The molecule has 0 atom stereocenters. The van der Waals surface area contributed by atoms with Crippen LogP contribution in [0.15, 0.2) is 30.3 Å². The van der Waals surface area contributed by atoms with Crippen molar-refractivity contribution in [2.24, 2.45) is 0 Å². The molecule has 0 bridgehead atoms. The molecule has 0 fully saturated rings. The molecule has 2 N–H and O–H groups in total. The zero-order chi connectivity index (χ0) is 18.8. The SMILES string of the molecule is COc1cc2[nH]c(C(=O)Nc3ccc(F)c(Cl)c3)cc2c(OC)c1OC. The topological polar surface area (TPSA) is 72.6 Å². The van der Waals surface area contributed by atoms with Gasteiger partial charge in [-0.15, -0.1) is 0 Å². The standard InChI is InChI=1S/C18H16ClFN2O4/c1-24-15-8-13-10(16(25-2)17(15)26-3)7-14(22-13)18(23)21-9-4-5-12(20)11(19)6-9/h4-8,22H,1-3H3,(H,21,23). The molecule has 0 radical (unpaired) electrons. The van der Waals surface area contributed by atoms with Crippen molar-refractivity contribution >= 4 is 34.1 Å². The molecule has 26 heavy (non-hydrogen) atoms. The number of methoxy groups -OCH3 is 3. The second kappa shape index (κ2) is 7.13. The van der Waals surface area contributed by atoms with Gasteiger partial charge in [0.1, 0.15) is 11.5 Å². The quantitative estimate of drug-likeness (QED) is 0.696. The van der Waals surface area contributed by atoms with Crippen LogP contribution in [-0.4, -0.2) is 32.2 Å². The number of fused-ring (bicyclic) bond motifs is 1. The fraction of sp³-hybridized carbons (Fsp3) is 0.167. The van der Waals surface area contributed by atoms with Crippen molar-refractivity contribution < 1.29 is 23.4 Å². The fourth-order valence-corrected chi connectivity index (χ4v) is 2.83. The van der Waals surface area contributed by atoms with Crippen LogP contribution in [0.4, 0.5) is 10.1 Å². The van der Waals surface area contributed by atoms with Crippen LogP contribution in [-0.2, 0) is 0 Å². The van der Waals surface area contributed by atoms with Crippen molar-refractivity contribution in [3.63, 3.8) is 0 Å². The highest BCUT2D eigenvalue weighted by atomic mass is 35.5. The average Bonchev–Trinajstić information content (AvgIpc) is 3.06. The van der Waals surface area contributed by atoms with E-state index in [1.54, 1.807) is 12.1 Å². The van der Waals surface area contributed by atoms with E-state index in [1.165, 1.54) is 39.5 Å². The zero-order valence-electron chi connectivity index (χ0n) is 14.3. The van der Waals surface area contributed by atoms with E-state index in [1.807, 2.05) is 0 Å². The third kappa shape index (κ3) is 3.13. The van der Waals surface area contributed by atoms with Crippen LogP contribution in [0, 0.1) is 5.82 Å². The Labute approximate surface area is 153 Å². The average molecular weight is 379 g/mol. The van der Waals surface area contributed by atoms with Crippen LogP contribution in [0.3, 0.4) is 0 Å². The molecule has 0 aliphatic carbocycles. The first-order chi connectivity index (χ1) is 12.5. The molecule has 0 aliphatic rings. The summed E-state index contributed by atoms with van der Waals surface area (Å²) in [4.78, 5) is 15.5. The van der Waals surface area contributed by atoms with E-state index >= 15 is 0 Å². The smallest absolute Gasteiger partial charge is 0.272 e. The summed E-state index contributed by atoms with van der Waals surface area (Å²) in [5.41, 5.74) is 1.30. The molecule has 1 heterocycles. The highest BCUT2D eigenvalue weighted by Gasteiger charge is 2.20. The van der Waals surface area contributed by atoms with Gasteiger partial charge in [0.15, 0.2) is 11.5 Å². The summed E-state index contributed by atoms with van der Waals surface area (Å²) in [7, 11) is 4.52. The number of aromatic nitrogens is 1. The number of nitrogens with one attached hydrogen (secondary N) is 2. The number of anilines is 1. The molecule has 0 saturated heterocycles. The molecule has 2 aromatic carbocycles.